The summed E-state index contributed by atoms with van der Waals surface area (Å²) in [5.74, 6) is 0.726. The van der Waals surface area contributed by atoms with Crippen LogP contribution in [0.5, 0.6) is 11.5 Å². The van der Waals surface area contributed by atoms with Crippen LogP contribution in [0.1, 0.15) is 47.7 Å². The number of ether oxygens (including phenoxy) is 2. The van der Waals surface area contributed by atoms with Crippen LogP contribution in [0.4, 0.5) is 5.69 Å². The van der Waals surface area contributed by atoms with E-state index in [0.717, 1.165) is 41.7 Å². The van der Waals surface area contributed by atoms with Crippen molar-refractivity contribution >= 4 is 28.8 Å². The molecule has 1 saturated carbocycles. The number of aryl methyl sites for hydroxylation is 1. The van der Waals surface area contributed by atoms with Crippen LogP contribution >= 0.6 is 11.3 Å². The van der Waals surface area contributed by atoms with E-state index in [1.807, 2.05) is 48.7 Å². The molecule has 184 valence electrons. The van der Waals surface area contributed by atoms with Crippen LogP contribution in [-0.2, 0) is 16.0 Å². The number of amides is 2. The minimum absolute atomic E-state index is 0.126. The second kappa shape index (κ2) is 11.4. The molecule has 1 aliphatic rings. The number of thiophene rings is 1. The molecule has 1 aromatic heterocycles. The second-order valence-electron chi connectivity index (χ2n) is 8.81. The molecule has 35 heavy (non-hydrogen) atoms. The Labute approximate surface area is 210 Å². The highest BCUT2D eigenvalue weighted by molar-refractivity contribution is 7.10. The van der Waals surface area contributed by atoms with E-state index in [-0.39, 0.29) is 24.3 Å². The van der Waals surface area contributed by atoms with Gasteiger partial charge < -0.3 is 14.8 Å². The Kier molecular flexibility index (Phi) is 8.08. The predicted molar refractivity (Wildman–Crippen MR) is 139 cm³/mol. The Morgan fingerprint density at radius 1 is 1.06 bits per heavy atom. The van der Waals surface area contributed by atoms with Crippen molar-refractivity contribution in [1.29, 1.82) is 0 Å². The molecule has 0 bridgehead atoms. The van der Waals surface area contributed by atoms with Gasteiger partial charge >= 0.3 is 0 Å². The van der Waals surface area contributed by atoms with Gasteiger partial charge in [-0.15, -0.1) is 11.3 Å². The van der Waals surface area contributed by atoms with E-state index < -0.39 is 6.04 Å². The zero-order valence-corrected chi connectivity index (χ0v) is 21.3. The van der Waals surface area contributed by atoms with Crippen molar-refractivity contribution < 1.29 is 19.1 Å². The SMILES string of the molecule is COc1ccc(N(C(=O)Cc2cccs2)[C@@H](C(=O)NC2CCCC2)c2ccccc2C)c(OC)c1. The lowest BCUT2D eigenvalue weighted by molar-refractivity contribution is -0.127. The molecular weight excluding hydrogens is 460 g/mol. The predicted octanol–water partition coefficient (Wildman–Crippen LogP) is 5.45. The van der Waals surface area contributed by atoms with Crippen LogP contribution in [0.2, 0.25) is 0 Å². The van der Waals surface area contributed by atoms with Gasteiger partial charge in [-0.05, 0) is 54.5 Å². The molecule has 0 saturated heterocycles. The van der Waals surface area contributed by atoms with Gasteiger partial charge in [-0.2, -0.15) is 0 Å². The highest BCUT2D eigenvalue weighted by atomic mass is 32.1. The fraction of sp³-hybridized carbons (Fsp3) is 0.357. The summed E-state index contributed by atoms with van der Waals surface area (Å²) in [4.78, 5) is 30.4. The van der Waals surface area contributed by atoms with E-state index >= 15 is 0 Å². The molecule has 0 spiro atoms. The second-order valence-corrected chi connectivity index (χ2v) is 9.84. The Morgan fingerprint density at radius 2 is 1.83 bits per heavy atom. The third-order valence-corrected chi connectivity index (χ3v) is 7.39. The third-order valence-electron chi connectivity index (χ3n) is 6.51. The van der Waals surface area contributed by atoms with Crippen LogP contribution in [0, 0.1) is 6.92 Å². The minimum Gasteiger partial charge on any atom is -0.497 e. The molecule has 0 radical (unpaired) electrons. The molecule has 1 fully saturated rings. The van der Waals surface area contributed by atoms with Crippen molar-refractivity contribution in [2.24, 2.45) is 0 Å². The Morgan fingerprint density at radius 3 is 2.49 bits per heavy atom. The molecule has 3 aromatic rings. The van der Waals surface area contributed by atoms with Crippen LogP contribution in [0.15, 0.2) is 60.0 Å². The van der Waals surface area contributed by atoms with Crippen molar-refractivity contribution in [2.75, 3.05) is 19.1 Å². The lowest BCUT2D eigenvalue weighted by atomic mass is 9.97. The first-order valence-corrected chi connectivity index (χ1v) is 12.8. The number of hydrogen-bond donors (Lipinski definition) is 1. The Balaban J connectivity index is 1.84. The number of anilines is 1. The number of nitrogens with one attached hydrogen (secondary N) is 1. The van der Waals surface area contributed by atoms with E-state index in [9.17, 15) is 9.59 Å². The molecule has 1 N–H and O–H groups in total. The molecule has 1 atom stereocenters. The summed E-state index contributed by atoms with van der Waals surface area (Å²) in [5, 5.41) is 5.18. The number of methoxy groups -OCH3 is 2. The highest BCUT2D eigenvalue weighted by Crippen LogP contribution is 2.39. The zero-order chi connectivity index (χ0) is 24.8. The van der Waals surface area contributed by atoms with E-state index in [1.54, 1.807) is 37.3 Å². The quantitative estimate of drug-likeness (QED) is 0.431. The maximum Gasteiger partial charge on any atom is 0.248 e. The van der Waals surface area contributed by atoms with Crippen molar-refractivity contribution in [3.05, 3.63) is 76.0 Å². The number of carbonyl (C=O) groups is 2. The first kappa shape index (κ1) is 24.8. The molecule has 4 rings (SSSR count). The van der Waals surface area contributed by atoms with Crippen molar-refractivity contribution in [1.82, 2.24) is 5.32 Å². The van der Waals surface area contributed by atoms with Gasteiger partial charge in [0.05, 0.1) is 26.3 Å². The number of benzene rings is 2. The third kappa shape index (κ3) is 5.68. The number of carbonyl (C=O) groups excluding carboxylic acids is 2. The topological polar surface area (TPSA) is 67.9 Å². The Hall–Kier alpha value is -3.32. The summed E-state index contributed by atoms with van der Waals surface area (Å²) in [6.07, 6.45) is 4.31. The fourth-order valence-corrected chi connectivity index (χ4v) is 5.39. The lowest BCUT2D eigenvalue weighted by Crippen LogP contribution is -2.47. The Bertz CT molecular complexity index is 1160. The van der Waals surface area contributed by atoms with Crippen molar-refractivity contribution in [3.63, 3.8) is 0 Å². The maximum atomic E-state index is 14.0. The van der Waals surface area contributed by atoms with Crippen LogP contribution in [-0.4, -0.2) is 32.1 Å². The van der Waals surface area contributed by atoms with E-state index in [2.05, 4.69) is 5.32 Å². The van der Waals surface area contributed by atoms with Gasteiger partial charge in [-0.1, -0.05) is 43.2 Å². The summed E-state index contributed by atoms with van der Waals surface area (Å²) in [7, 11) is 3.14. The zero-order valence-electron chi connectivity index (χ0n) is 20.5. The number of hydrogen-bond acceptors (Lipinski definition) is 5. The molecule has 1 aliphatic carbocycles. The first-order valence-electron chi connectivity index (χ1n) is 11.9. The monoisotopic (exact) mass is 492 g/mol. The van der Waals surface area contributed by atoms with E-state index in [0.29, 0.717) is 17.2 Å². The molecule has 7 heteroatoms. The van der Waals surface area contributed by atoms with Gasteiger partial charge in [-0.3, -0.25) is 14.5 Å². The molecule has 2 amide bonds. The summed E-state index contributed by atoms with van der Waals surface area (Å²) < 4.78 is 11.1. The van der Waals surface area contributed by atoms with E-state index in [4.69, 9.17) is 9.47 Å². The molecule has 0 unspecified atom stereocenters. The smallest absolute Gasteiger partial charge is 0.248 e. The molecule has 1 heterocycles. The van der Waals surface area contributed by atoms with Crippen molar-refractivity contribution in [2.45, 2.75) is 51.1 Å². The number of nitrogens with zero attached hydrogens (tertiary/aromatic N) is 1. The highest BCUT2D eigenvalue weighted by Gasteiger charge is 2.36. The molecule has 2 aromatic carbocycles. The fourth-order valence-electron chi connectivity index (χ4n) is 4.69. The summed E-state index contributed by atoms with van der Waals surface area (Å²) >= 11 is 1.53. The molecule has 0 aliphatic heterocycles. The summed E-state index contributed by atoms with van der Waals surface area (Å²) in [5.41, 5.74) is 2.27. The average Bonchev–Trinajstić information content (AvgIpc) is 3.57. The maximum absolute atomic E-state index is 14.0. The molecular formula is C28H32N2O4S. The van der Waals surface area contributed by atoms with Gasteiger partial charge in [0.2, 0.25) is 11.8 Å². The largest absolute Gasteiger partial charge is 0.497 e. The van der Waals surface area contributed by atoms with Gasteiger partial charge in [0, 0.05) is 17.0 Å². The van der Waals surface area contributed by atoms with Gasteiger partial charge in [0.1, 0.15) is 17.5 Å². The summed E-state index contributed by atoms with van der Waals surface area (Å²) in [6.45, 7) is 1.97. The van der Waals surface area contributed by atoms with E-state index in [1.165, 1.54) is 11.3 Å². The molecule has 6 nitrogen and oxygen atoms in total. The average molecular weight is 493 g/mol. The number of rotatable bonds is 9. The normalized spacial score (nSPS) is 14.4. The van der Waals surface area contributed by atoms with Gasteiger partial charge in [-0.25, -0.2) is 0 Å². The first-order chi connectivity index (χ1) is 17.0. The van der Waals surface area contributed by atoms with Crippen LogP contribution in [0.25, 0.3) is 0 Å². The summed E-state index contributed by atoms with van der Waals surface area (Å²) in [6, 6.07) is 16.2. The lowest BCUT2D eigenvalue weighted by Gasteiger charge is -2.34. The van der Waals surface area contributed by atoms with Crippen molar-refractivity contribution in [3.8, 4) is 11.5 Å². The van der Waals surface area contributed by atoms with Gasteiger partial charge in [0.15, 0.2) is 0 Å². The standard InChI is InChI=1S/C28H32N2O4S/c1-19-9-4-7-13-23(19)27(28(32)29-20-10-5-6-11-20)30(26(31)18-22-12-8-16-35-22)24-15-14-21(33-2)17-25(24)34-3/h4,7-9,12-17,20,27H,5-6,10-11,18H2,1-3H3,(H,29,32)/t27-/m1/s1. The van der Waals surface area contributed by atoms with Gasteiger partial charge in [0.25, 0.3) is 0 Å². The minimum atomic E-state index is -0.841. The van der Waals surface area contributed by atoms with Crippen LogP contribution in [0.3, 0.4) is 0 Å². The van der Waals surface area contributed by atoms with Crippen LogP contribution < -0.4 is 19.7 Å².